The first kappa shape index (κ1) is 11.6. The molecule has 0 N–H and O–H groups in total. The molecule has 0 unspecified atom stereocenters. The summed E-state index contributed by atoms with van der Waals surface area (Å²) in [6, 6.07) is 5.91. The van der Waals surface area contributed by atoms with Gasteiger partial charge < -0.3 is 4.74 Å². The quantitative estimate of drug-likeness (QED) is 0.724. The van der Waals surface area contributed by atoms with Crippen LogP contribution in [0.15, 0.2) is 36.4 Å². The minimum Gasteiger partial charge on any atom is -0.465 e. The molecule has 1 aliphatic rings. The minimum atomic E-state index is -0.273. The third-order valence-electron chi connectivity index (χ3n) is 2.97. The third-order valence-corrected chi connectivity index (χ3v) is 2.97. The van der Waals surface area contributed by atoms with Gasteiger partial charge in [0.15, 0.2) is 0 Å². The number of allylic oxidation sites excluding steroid dienone is 4. The van der Waals surface area contributed by atoms with Crippen molar-refractivity contribution < 1.29 is 9.53 Å². The van der Waals surface area contributed by atoms with Crippen molar-refractivity contribution in [3.63, 3.8) is 0 Å². The van der Waals surface area contributed by atoms with Crippen LogP contribution in [0.2, 0.25) is 0 Å². The Kier molecular flexibility index (Phi) is 3.43. The maximum Gasteiger partial charge on any atom is 0.338 e. The summed E-state index contributed by atoms with van der Waals surface area (Å²) >= 11 is 0. The summed E-state index contributed by atoms with van der Waals surface area (Å²) in [5.74, 6) is -0.273. The van der Waals surface area contributed by atoms with E-state index >= 15 is 0 Å². The fourth-order valence-corrected chi connectivity index (χ4v) is 1.96. The minimum absolute atomic E-state index is 0.273. The summed E-state index contributed by atoms with van der Waals surface area (Å²) < 4.78 is 4.78. The number of hydrogen-bond acceptors (Lipinski definition) is 2. The topological polar surface area (TPSA) is 26.3 Å². The van der Waals surface area contributed by atoms with E-state index in [4.69, 9.17) is 4.74 Å². The maximum atomic E-state index is 11.6. The van der Waals surface area contributed by atoms with Crippen LogP contribution in [0, 0.1) is 6.92 Å². The second-order valence-electron chi connectivity index (χ2n) is 4.16. The average Bonchev–Trinajstić information content (AvgIpc) is 2.39. The number of rotatable bonds is 2. The molecule has 0 heterocycles. The van der Waals surface area contributed by atoms with E-state index in [0.717, 1.165) is 24.0 Å². The van der Waals surface area contributed by atoms with Crippen molar-refractivity contribution in [3.8, 4) is 0 Å². The Morgan fingerprint density at radius 3 is 2.76 bits per heavy atom. The summed E-state index contributed by atoms with van der Waals surface area (Å²) in [5.41, 5.74) is 3.85. The molecule has 1 aliphatic carbocycles. The van der Waals surface area contributed by atoms with Gasteiger partial charge in [-0.15, -0.1) is 0 Å². The molecule has 0 saturated heterocycles. The molecule has 1 aromatic rings. The molecule has 17 heavy (non-hydrogen) atoms. The summed E-state index contributed by atoms with van der Waals surface area (Å²) in [6.45, 7) is 1.92. The molecule has 0 amide bonds. The highest BCUT2D eigenvalue weighted by Gasteiger charge is 2.11. The van der Waals surface area contributed by atoms with Crippen LogP contribution in [0.25, 0.3) is 5.57 Å². The Bertz CT molecular complexity index is 496. The lowest BCUT2D eigenvalue weighted by molar-refractivity contribution is 0.0600. The van der Waals surface area contributed by atoms with E-state index in [0.29, 0.717) is 5.56 Å². The van der Waals surface area contributed by atoms with Crippen LogP contribution in [0.1, 0.15) is 34.3 Å². The monoisotopic (exact) mass is 228 g/mol. The molecule has 0 radical (unpaired) electrons. The summed E-state index contributed by atoms with van der Waals surface area (Å²) in [4.78, 5) is 11.6. The molecule has 2 nitrogen and oxygen atoms in total. The Morgan fingerprint density at radius 2 is 2.12 bits per heavy atom. The van der Waals surface area contributed by atoms with Crippen LogP contribution in [0.3, 0.4) is 0 Å². The normalized spacial score (nSPS) is 14.4. The van der Waals surface area contributed by atoms with Crippen molar-refractivity contribution in [2.45, 2.75) is 19.8 Å². The highest BCUT2D eigenvalue weighted by Crippen LogP contribution is 2.23. The van der Waals surface area contributed by atoms with Crippen molar-refractivity contribution in [1.82, 2.24) is 0 Å². The number of ether oxygens (including phenoxy) is 1. The predicted octanol–water partition coefficient (Wildman–Crippen LogP) is 3.52. The molecule has 0 fully saturated rings. The fourth-order valence-electron chi connectivity index (χ4n) is 1.96. The highest BCUT2D eigenvalue weighted by atomic mass is 16.5. The zero-order valence-electron chi connectivity index (χ0n) is 10.2. The first-order valence-corrected chi connectivity index (χ1v) is 5.78. The molecule has 1 aromatic carbocycles. The van der Waals surface area contributed by atoms with Crippen molar-refractivity contribution in [2.24, 2.45) is 0 Å². The van der Waals surface area contributed by atoms with E-state index < -0.39 is 0 Å². The van der Waals surface area contributed by atoms with Crippen molar-refractivity contribution >= 4 is 11.5 Å². The van der Waals surface area contributed by atoms with E-state index in [1.165, 1.54) is 12.7 Å². The first-order valence-electron chi connectivity index (χ1n) is 5.78. The Labute approximate surface area is 102 Å². The lowest BCUT2D eigenvalue weighted by atomic mass is 9.96. The summed E-state index contributed by atoms with van der Waals surface area (Å²) in [5, 5.41) is 0. The summed E-state index contributed by atoms with van der Waals surface area (Å²) in [7, 11) is 1.41. The van der Waals surface area contributed by atoms with Crippen LogP contribution in [-0.4, -0.2) is 13.1 Å². The van der Waals surface area contributed by atoms with Crippen LogP contribution >= 0.6 is 0 Å². The van der Waals surface area contributed by atoms with Gasteiger partial charge in [-0.25, -0.2) is 4.79 Å². The van der Waals surface area contributed by atoms with E-state index in [1.807, 2.05) is 25.1 Å². The van der Waals surface area contributed by atoms with Crippen molar-refractivity contribution in [3.05, 3.63) is 53.1 Å². The van der Waals surface area contributed by atoms with Crippen molar-refractivity contribution in [1.29, 1.82) is 0 Å². The van der Waals surface area contributed by atoms with Gasteiger partial charge in [-0.05, 0) is 42.5 Å². The van der Waals surface area contributed by atoms with Gasteiger partial charge in [0, 0.05) is 0 Å². The fraction of sp³-hybridized carbons (Fsp3) is 0.267. The molecule has 0 spiro atoms. The lowest BCUT2D eigenvalue weighted by Gasteiger charge is -2.10. The third kappa shape index (κ3) is 2.47. The van der Waals surface area contributed by atoms with E-state index in [9.17, 15) is 4.79 Å². The second kappa shape index (κ2) is 5.00. The maximum absolute atomic E-state index is 11.6. The van der Waals surface area contributed by atoms with Gasteiger partial charge in [0.25, 0.3) is 0 Å². The molecule has 0 aromatic heterocycles. The van der Waals surface area contributed by atoms with Gasteiger partial charge in [-0.3, -0.25) is 0 Å². The van der Waals surface area contributed by atoms with Crippen molar-refractivity contribution in [2.75, 3.05) is 7.11 Å². The molecular weight excluding hydrogens is 212 g/mol. The average molecular weight is 228 g/mol. The predicted molar refractivity (Wildman–Crippen MR) is 68.9 cm³/mol. The van der Waals surface area contributed by atoms with Gasteiger partial charge >= 0.3 is 5.97 Å². The lowest BCUT2D eigenvalue weighted by Crippen LogP contribution is -2.04. The van der Waals surface area contributed by atoms with Gasteiger partial charge in [-0.2, -0.15) is 0 Å². The molecule has 0 bridgehead atoms. The number of carbonyl (C=O) groups excluding carboxylic acids is 1. The van der Waals surface area contributed by atoms with Gasteiger partial charge in [0.05, 0.1) is 12.7 Å². The molecule has 0 atom stereocenters. The molecular formula is C15H16O2. The number of esters is 1. The van der Waals surface area contributed by atoms with Gasteiger partial charge in [0.2, 0.25) is 0 Å². The van der Waals surface area contributed by atoms with Crippen LogP contribution in [0.4, 0.5) is 0 Å². The second-order valence-corrected chi connectivity index (χ2v) is 4.16. The van der Waals surface area contributed by atoms with Crippen LogP contribution in [-0.2, 0) is 4.74 Å². The zero-order chi connectivity index (χ0) is 12.3. The Hall–Kier alpha value is -1.83. The van der Waals surface area contributed by atoms with Gasteiger partial charge in [0.1, 0.15) is 0 Å². The molecule has 0 aliphatic heterocycles. The highest BCUT2D eigenvalue weighted by molar-refractivity contribution is 5.92. The first-order chi connectivity index (χ1) is 8.22. The molecule has 88 valence electrons. The van der Waals surface area contributed by atoms with Crippen LogP contribution < -0.4 is 0 Å². The van der Waals surface area contributed by atoms with E-state index in [-0.39, 0.29) is 5.97 Å². The zero-order valence-corrected chi connectivity index (χ0v) is 10.2. The molecule has 2 rings (SSSR count). The van der Waals surface area contributed by atoms with Gasteiger partial charge in [-0.1, -0.05) is 30.4 Å². The summed E-state index contributed by atoms with van der Waals surface area (Å²) in [6.07, 6.45) is 8.63. The number of methoxy groups -OCH3 is 1. The molecule has 0 saturated carbocycles. The number of aryl methyl sites for hydroxylation is 1. The SMILES string of the molecule is COC(=O)c1cc(C2=CCCC=C2)ccc1C. The Morgan fingerprint density at radius 1 is 1.29 bits per heavy atom. The number of benzene rings is 1. The smallest absolute Gasteiger partial charge is 0.338 e. The van der Waals surface area contributed by atoms with Crippen LogP contribution in [0.5, 0.6) is 0 Å². The van der Waals surface area contributed by atoms with E-state index in [1.54, 1.807) is 0 Å². The standard InChI is InChI=1S/C15H16O2/c1-11-8-9-13(10-14(11)15(16)17-2)12-6-4-3-5-7-12/h4,6-10H,3,5H2,1-2H3. The molecule has 2 heteroatoms. The Balaban J connectivity index is 2.40. The van der Waals surface area contributed by atoms with E-state index in [2.05, 4.69) is 18.2 Å². The largest absolute Gasteiger partial charge is 0.465 e. The number of hydrogen-bond donors (Lipinski definition) is 0. The number of carbonyl (C=O) groups is 1.